The molecule has 0 aliphatic heterocycles. The van der Waals surface area contributed by atoms with Gasteiger partial charge < -0.3 is 9.47 Å². The summed E-state index contributed by atoms with van der Waals surface area (Å²) in [6.45, 7) is 16.1. The Morgan fingerprint density at radius 1 is 1.20 bits per heavy atom. The Morgan fingerprint density at radius 2 is 1.84 bits per heavy atom. The van der Waals surface area contributed by atoms with Crippen LogP contribution >= 0.6 is 0 Å². The predicted octanol–water partition coefficient (Wildman–Crippen LogP) is 5.57. The molecule has 2 aromatic carbocycles. The van der Waals surface area contributed by atoms with Crippen LogP contribution in [0.25, 0.3) is 10.8 Å². The van der Waals surface area contributed by atoms with Crippen molar-refractivity contribution < 1.29 is 14.3 Å². The maximum atomic E-state index is 11.7. The van der Waals surface area contributed by atoms with Crippen molar-refractivity contribution in [2.45, 2.75) is 59.2 Å². The Morgan fingerprint density at radius 3 is 2.36 bits per heavy atom. The predicted molar refractivity (Wildman–Crippen MR) is 108 cm³/mol. The van der Waals surface area contributed by atoms with Crippen molar-refractivity contribution in [1.82, 2.24) is 0 Å². The van der Waals surface area contributed by atoms with E-state index in [9.17, 15) is 4.79 Å². The number of carbonyl (C=O) groups excluding carboxylic acids is 1. The lowest BCUT2D eigenvalue weighted by Crippen LogP contribution is -2.51. The monoisotopic (exact) mass is 358 g/mol. The molecule has 0 fully saturated rings. The van der Waals surface area contributed by atoms with E-state index in [4.69, 9.17) is 9.47 Å². The molecule has 2 aromatic rings. The number of methoxy groups -OCH3 is 1. The molecular formula is C21H30O3Si. The molecule has 0 radical (unpaired) electrons. The third-order valence-electron chi connectivity index (χ3n) is 5.65. The highest BCUT2D eigenvalue weighted by atomic mass is 28.3. The minimum absolute atomic E-state index is 0.220. The van der Waals surface area contributed by atoms with Crippen LogP contribution in [-0.2, 0) is 11.2 Å². The largest absolute Gasteiger partial charge is 0.513 e. The number of benzene rings is 2. The van der Waals surface area contributed by atoms with E-state index in [0.29, 0.717) is 5.75 Å². The van der Waals surface area contributed by atoms with Crippen LogP contribution < -0.4 is 9.92 Å². The van der Waals surface area contributed by atoms with Gasteiger partial charge in [0.2, 0.25) is 0 Å². The van der Waals surface area contributed by atoms with Crippen molar-refractivity contribution in [3.63, 3.8) is 0 Å². The Balaban J connectivity index is 2.90. The van der Waals surface area contributed by atoms with E-state index in [1.807, 2.05) is 6.07 Å². The van der Waals surface area contributed by atoms with E-state index < -0.39 is 14.2 Å². The fraction of sp³-hybridized carbons (Fsp3) is 0.476. The zero-order valence-electron chi connectivity index (χ0n) is 16.7. The van der Waals surface area contributed by atoms with Gasteiger partial charge in [0.25, 0.3) is 0 Å². The van der Waals surface area contributed by atoms with Gasteiger partial charge in [-0.25, -0.2) is 4.79 Å². The van der Waals surface area contributed by atoms with E-state index in [0.717, 1.165) is 11.8 Å². The second-order valence-corrected chi connectivity index (χ2v) is 13.4. The van der Waals surface area contributed by atoms with Crippen LogP contribution in [-0.4, -0.2) is 21.3 Å². The average Bonchev–Trinajstić information content (AvgIpc) is 2.52. The number of hydrogen-bond acceptors (Lipinski definition) is 3. The van der Waals surface area contributed by atoms with Crippen molar-refractivity contribution in [3.05, 3.63) is 35.4 Å². The van der Waals surface area contributed by atoms with Gasteiger partial charge in [-0.05, 0) is 46.1 Å². The minimum Gasteiger partial charge on any atom is -0.437 e. The summed E-state index contributed by atoms with van der Waals surface area (Å²) in [6, 6.07) is 8.39. The van der Waals surface area contributed by atoms with E-state index in [1.54, 1.807) is 0 Å². The highest BCUT2D eigenvalue weighted by Crippen LogP contribution is 2.40. The first-order valence-corrected chi connectivity index (χ1v) is 11.9. The molecule has 3 nitrogen and oxygen atoms in total. The maximum absolute atomic E-state index is 11.7. The van der Waals surface area contributed by atoms with Crippen LogP contribution in [0, 0.1) is 6.92 Å². The Hall–Kier alpha value is -1.81. The second kappa shape index (κ2) is 6.83. The quantitative estimate of drug-likeness (QED) is 0.409. The molecule has 0 saturated carbocycles. The number of hydrogen-bond donors (Lipinski definition) is 0. The van der Waals surface area contributed by atoms with Crippen molar-refractivity contribution in [3.8, 4) is 5.75 Å². The van der Waals surface area contributed by atoms with E-state index in [1.165, 1.54) is 28.8 Å². The van der Waals surface area contributed by atoms with Crippen LogP contribution in [0.1, 0.15) is 38.8 Å². The number of fused-ring (bicyclic) bond motifs is 1. The molecular weight excluding hydrogens is 328 g/mol. The zero-order chi connectivity index (χ0) is 19.0. The summed E-state index contributed by atoms with van der Waals surface area (Å²) in [4.78, 5) is 11.7. The van der Waals surface area contributed by atoms with Crippen LogP contribution in [0.15, 0.2) is 24.3 Å². The maximum Gasteiger partial charge on any atom is 0.513 e. The lowest BCUT2D eigenvalue weighted by molar-refractivity contribution is 0.122. The summed E-state index contributed by atoms with van der Waals surface area (Å²) in [7, 11) is -0.433. The summed E-state index contributed by atoms with van der Waals surface area (Å²) < 4.78 is 10.2. The molecule has 25 heavy (non-hydrogen) atoms. The summed E-state index contributed by atoms with van der Waals surface area (Å²) in [6.07, 6.45) is 0.209. The molecule has 0 aliphatic rings. The van der Waals surface area contributed by atoms with Crippen molar-refractivity contribution in [2.75, 3.05) is 7.11 Å². The van der Waals surface area contributed by atoms with Gasteiger partial charge in [0.1, 0.15) is 5.75 Å². The summed E-state index contributed by atoms with van der Waals surface area (Å²) in [5, 5.41) is 3.92. The first-order valence-electron chi connectivity index (χ1n) is 8.86. The van der Waals surface area contributed by atoms with Crippen molar-refractivity contribution in [1.29, 1.82) is 0 Å². The number of aryl methyl sites for hydroxylation is 2. The smallest absolute Gasteiger partial charge is 0.437 e. The molecule has 2 rings (SSSR count). The highest BCUT2D eigenvalue weighted by Gasteiger charge is 2.39. The topological polar surface area (TPSA) is 35.5 Å². The SMILES string of the molecule is CCc1cccc2c([Si](C)(C)C(C)(C)C)c(C)cc(OC(=O)OC)c12. The van der Waals surface area contributed by atoms with E-state index in [-0.39, 0.29) is 5.04 Å². The lowest BCUT2D eigenvalue weighted by Gasteiger charge is -2.39. The second-order valence-electron chi connectivity index (χ2n) is 8.19. The van der Waals surface area contributed by atoms with Crippen molar-refractivity contribution >= 4 is 30.2 Å². The normalized spacial score (nSPS) is 12.3. The lowest BCUT2D eigenvalue weighted by atomic mass is 9.99. The number of carbonyl (C=O) groups is 1. The summed E-state index contributed by atoms with van der Waals surface area (Å²) in [5.74, 6) is 0.597. The molecule has 0 spiro atoms. The number of rotatable bonds is 3. The Labute approximate surface area is 152 Å². The van der Waals surface area contributed by atoms with E-state index >= 15 is 0 Å². The minimum atomic E-state index is -1.77. The van der Waals surface area contributed by atoms with Crippen LogP contribution in [0.4, 0.5) is 4.79 Å². The first-order chi connectivity index (χ1) is 11.5. The van der Waals surface area contributed by atoms with Crippen LogP contribution in [0.2, 0.25) is 18.1 Å². The summed E-state index contributed by atoms with van der Waals surface area (Å²) in [5.41, 5.74) is 2.38. The van der Waals surface area contributed by atoms with Crippen LogP contribution in [0.3, 0.4) is 0 Å². The molecule has 0 unspecified atom stereocenters. The standard InChI is InChI=1S/C21H30O3Si/c1-9-15-11-10-12-16-18(15)17(24-20(22)23-6)13-14(2)19(16)25(7,8)21(3,4)5/h10-13H,9H2,1-8H3. The van der Waals surface area contributed by atoms with Gasteiger partial charge in [-0.2, -0.15) is 0 Å². The molecule has 0 aromatic heterocycles. The molecule has 0 amide bonds. The van der Waals surface area contributed by atoms with Gasteiger partial charge in [0, 0.05) is 5.39 Å². The van der Waals surface area contributed by atoms with Gasteiger partial charge in [0.15, 0.2) is 0 Å². The molecule has 0 N–H and O–H groups in total. The van der Waals surface area contributed by atoms with Gasteiger partial charge in [-0.1, -0.05) is 59.0 Å². The summed E-state index contributed by atoms with van der Waals surface area (Å²) >= 11 is 0. The zero-order valence-corrected chi connectivity index (χ0v) is 17.7. The third-order valence-corrected chi connectivity index (χ3v) is 11.3. The molecule has 0 aliphatic carbocycles. The molecule has 0 bridgehead atoms. The number of ether oxygens (including phenoxy) is 2. The van der Waals surface area contributed by atoms with Gasteiger partial charge in [-0.3, -0.25) is 0 Å². The van der Waals surface area contributed by atoms with E-state index in [2.05, 4.69) is 65.9 Å². The highest BCUT2D eigenvalue weighted by molar-refractivity contribution is 6.94. The molecule has 4 heteroatoms. The fourth-order valence-electron chi connectivity index (χ4n) is 3.36. The Kier molecular flexibility index (Phi) is 5.33. The third kappa shape index (κ3) is 3.45. The molecule has 136 valence electrons. The molecule has 0 saturated heterocycles. The fourth-order valence-corrected chi connectivity index (χ4v) is 6.05. The van der Waals surface area contributed by atoms with Crippen molar-refractivity contribution in [2.24, 2.45) is 0 Å². The average molecular weight is 359 g/mol. The van der Waals surface area contributed by atoms with Gasteiger partial charge >= 0.3 is 6.16 Å². The first kappa shape index (κ1) is 19.5. The Bertz CT molecular complexity index is 801. The van der Waals surface area contributed by atoms with Gasteiger partial charge in [0.05, 0.1) is 15.2 Å². The van der Waals surface area contributed by atoms with Gasteiger partial charge in [-0.15, -0.1) is 0 Å². The molecule has 0 heterocycles. The van der Waals surface area contributed by atoms with Crippen LogP contribution in [0.5, 0.6) is 5.75 Å². The molecule has 0 atom stereocenters.